The highest BCUT2D eigenvalue weighted by atomic mass is 32.3. The number of nitrogens with one attached hydrogen (secondary N) is 6. The number of carboxylic acid groups (broad SMARTS) is 2. The zero-order chi connectivity index (χ0) is 47.9. The second-order valence-electron chi connectivity index (χ2n) is 14.4. The van der Waals surface area contributed by atoms with E-state index in [1.165, 1.54) is 48.2 Å². The summed E-state index contributed by atoms with van der Waals surface area (Å²) >= 11 is 0. The summed E-state index contributed by atoms with van der Waals surface area (Å²) in [5.74, 6) is -11.4. The van der Waals surface area contributed by atoms with Crippen molar-refractivity contribution >= 4 is 69.6 Å². The van der Waals surface area contributed by atoms with Crippen molar-refractivity contribution < 1.29 is 80.4 Å². The molecule has 0 unspecified atom stereocenters. The highest BCUT2D eigenvalue weighted by Gasteiger charge is 2.36. The van der Waals surface area contributed by atoms with Crippen LogP contribution in [0.4, 0.5) is 0 Å². The molecule has 1 fully saturated rings. The first-order chi connectivity index (χ1) is 29.9. The maximum Gasteiger partial charge on any atom is 0.305 e. The van der Waals surface area contributed by atoms with Gasteiger partial charge >= 0.3 is 11.9 Å². The van der Waals surface area contributed by atoms with E-state index in [1.807, 2.05) is 0 Å². The number of aliphatic carboxylic acids is 2. The maximum atomic E-state index is 13.8. The number of primary amides is 1. The molecule has 1 heterocycles. The molecule has 356 valence electrons. The van der Waals surface area contributed by atoms with Gasteiger partial charge in [0, 0.05) is 26.3 Å². The molecular formula is C38H51N9O17S. The van der Waals surface area contributed by atoms with Gasteiger partial charge in [-0.2, -0.15) is 0 Å². The van der Waals surface area contributed by atoms with Crippen LogP contribution in [0.5, 0.6) is 11.5 Å². The Kier molecular flexibility index (Phi) is 20.2. The third-order valence-electron chi connectivity index (χ3n) is 9.32. The number of nitrogens with two attached hydrogens (primary N) is 1. The highest BCUT2D eigenvalue weighted by Crippen LogP contribution is 2.19. The molecule has 2 aromatic rings. The van der Waals surface area contributed by atoms with Gasteiger partial charge in [0.25, 0.3) is 10.4 Å². The summed E-state index contributed by atoms with van der Waals surface area (Å²) < 4.78 is 37.3. The average Bonchev–Trinajstić information content (AvgIpc) is 3.70. The predicted molar refractivity (Wildman–Crippen MR) is 221 cm³/mol. The largest absolute Gasteiger partial charge is 0.716 e. The van der Waals surface area contributed by atoms with Gasteiger partial charge in [0.15, 0.2) is 0 Å². The van der Waals surface area contributed by atoms with E-state index in [-0.39, 0.29) is 30.4 Å². The molecular weight excluding hydrogens is 887 g/mol. The molecule has 1 aliphatic rings. The van der Waals surface area contributed by atoms with Gasteiger partial charge in [-0.1, -0.05) is 24.3 Å². The zero-order valence-corrected chi connectivity index (χ0v) is 36.0. The monoisotopic (exact) mass is 937 g/mol. The van der Waals surface area contributed by atoms with Crippen LogP contribution < -0.4 is 48.0 Å². The van der Waals surface area contributed by atoms with Crippen molar-refractivity contribution in [3.05, 3.63) is 59.7 Å². The minimum atomic E-state index is -5.18. The molecule has 0 saturated carbocycles. The van der Waals surface area contributed by atoms with Gasteiger partial charge in [-0.25, -0.2) is 8.42 Å². The summed E-state index contributed by atoms with van der Waals surface area (Å²) in [6, 6.07) is 0.614. The van der Waals surface area contributed by atoms with E-state index < -0.39 is 137 Å². The van der Waals surface area contributed by atoms with Crippen LogP contribution in [0.2, 0.25) is 0 Å². The van der Waals surface area contributed by atoms with Gasteiger partial charge < -0.3 is 72.7 Å². The molecule has 8 amide bonds. The molecule has 0 bridgehead atoms. The fourth-order valence-corrected chi connectivity index (χ4v) is 6.72. The predicted octanol–water partition coefficient (Wildman–Crippen LogP) is -3.60. The topological polar surface area (TPSA) is 436 Å². The molecule has 0 radical (unpaired) electrons. The van der Waals surface area contributed by atoms with Crippen LogP contribution in [0.15, 0.2) is 48.5 Å². The van der Waals surface area contributed by atoms with E-state index in [0.717, 1.165) is 19.1 Å². The molecule has 6 atom stereocenters. The van der Waals surface area contributed by atoms with E-state index in [2.05, 4.69) is 36.1 Å². The Balaban J connectivity index is 0.0000145. The van der Waals surface area contributed by atoms with Crippen LogP contribution in [0.1, 0.15) is 50.7 Å². The number of hydrogen-bond acceptors (Lipinski definition) is 15. The number of amides is 8. The van der Waals surface area contributed by atoms with E-state index in [1.54, 1.807) is 0 Å². The lowest BCUT2D eigenvalue weighted by atomic mass is 10.0. The quantitative estimate of drug-likeness (QED) is 0.0379. The van der Waals surface area contributed by atoms with Crippen molar-refractivity contribution in [2.24, 2.45) is 5.73 Å². The molecule has 27 heteroatoms. The smallest absolute Gasteiger partial charge is 0.305 e. The van der Waals surface area contributed by atoms with Crippen LogP contribution in [0, 0.1) is 0 Å². The number of benzene rings is 2. The molecule has 1 aliphatic heterocycles. The Labute approximate surface area is 370 Å². The number of carbonyl (C=O) groups excluding carboxylic acids is 8. The Morgan fingerprint density at radius 1 is 0.754 bits per heavy atom. The van der Waals surface area contributed by atoms with E-state index in [0.29, 0.717) is 18.4 Å². The van der Waals surface area contributed by atoms with Crippen LogP contribution in [-0.4, -0.2) is 142 Å². The maximum absolute atomic E-state index is 13.8. The number of phenols is 1. The lowest BCUT2D eigenvalue weighted by molar-refractivity contribution is -0.141. The van der Waals surface area contributed by atoms with Gasteiger partial charge in [-0.3, -0.25) is 47.9 Å². The normalized spacial score (nSPS) is 15.5. The van der Waals surface area contributed by atoms with Crippen molar-refractivity contribution in [3.63, 3.8) is 0 Å². The number of quaternary nitrogens is 1. The molecule has 3 rings (SSSR count). The van der Waals surface area contributed by atoms with Crippen molar-refractivity contribution in [3.8, 4) is 11.5 Å². The number of rotatable bonds is 23. The Morgan fingerprint density at radius 3 is 1.69 bits per heavy atom. The standard InChI is InChI=1S/C38H48N8O17S.H3N/c1-19(38(59)46-13-3-4-29(46)33(39)54)41-30(49)18-40-34(55)25(14-21-5-9-23(48)10-6-21)43-37(58)28(17-32(52)53)45-35(56)26(44-36(57)27(16-31(50)51)42-20(2)47)15-22-7-11-24(12-8-22)63-64(60,61)62;/h5-12,19,25-29,48H,3-4,13-18H2,1-2H3,(H2,39,54)(H,40,55)(H,41,49)(H,42,47)(H,43,58)(H,44,57)(H,45,56)(H,50,51)(H,52,53)(H,60,61,62);1H3/t19-,25-,26-,27-,28-,29-;/m0./s1. The Bertz CT molecular complexity index is 2190. The molecule has 26 nitrogen and oxygen atoms in total. The van der Waals surface area contributed by atoms with Crippen molar-refractivity contribution in [2.75, 3.05) is 13.1 Å². The van der Waals surface area contributed by atoms with Gasteiger partial charge in [0.1, 0.15) is 47.8 Å². The van der Waals surface area contributed by atoms with Gasteiger partial charge in [-0.05, 0) is 55.2 Å². The average molecular weight is 938 g/mol. The third kappa shape index (κ3) is 18.1. The lowest BCUT2D eigenvalue weighted by Gasteiger charge is -2.26. The molecule has 0 aliphatic carbocycles. The van der Waals surface area contributed by atoms with Gasteiger partial charge in [0.2, 0.25) is 47.3 Å². The highest BCUT2D eigenvalue weighted by molar-refractivity contribution is 7.81. The summed E-state index contributed by atoms with van der Waals surface area (Å²) in [6.07, 6.45) is -2.03. The van der Waals surface area contributed by atoms with Crippen LogP contribution in [-0.2, 0) is 71.2 Å². The van der Waals surface area contributed by atoms with Crippen LogP contribution >= 0.6 is 0 Å². The molecule has 1 saturated heterocycles. The lowest BCUT2D eigenvalue weighted by Crippen LogP contribution is -2.59. The summed E-state index contributed by atoms with van der Waals surface area (Å²) in [5, 5.41) is 42.4. The number of aromatic hydroxyl groups is 1. The number of carbonyl (C=O) groups is 10. The first kappa shape index (κ1) is 53.7. The number of phenolic OH excluding ortho intramolecular Hbond substituents is 1. The van der Waals surface area contributed by atoms with Crippen molar-refractivity contribution in [1.29, 1.82) is 0 Å². The second kappa shape index (κ2) is 24.5. The first-order valence-corrected chi connectivity index (χ1v) is 20.6. The summed E-state index contributed by atoms with van der Waals surface area (Å²) in [7, 11) is -5.18. The number of carboxylic acids is 2. The summed E-state index contributed by atoms with van der Waals surface area (Å²) in [4.78, 5) is 128. The minimum Gasteiger partial charge on any atom is -0.716 e. The zero-order valence-electron chi connectivity index (χ0n) is 35.2. The molecule has 0 spiro atoms. The summed E-state index contributed by atoms with van der Waals surface area (Å²) in [5.41, 5.74) is 5.87. The molecule has 65 heavy (non-hydrogen) atoms. The fraction of sp³-hybridized carbons (Fsp3) is 0.421. The number of likely N-dealkylation sites (tertiary alicyclic amines) is 1. The fourth-order valence-electron chi connectivity index (χ4n) is 6.37. The van der Waals surface area contributed by atoms with E-state index >= 15 is 0 Å². The Hall–Kier alpha value is -7.39. The molecule has 0 aromatic heterocycles. The number of nitrogens with zero attached hydrogens (tertiary/aromatic N) is 1. The molecule has 15 N–H and O–H groups in total. The SMILES string of the molecule is CC(=O)N[C@@H](CC(=O)O)C(=O)N[C@@H](Cc1ccc(OS(=O)(=O)[O-])cc1)C(=O)N[C@@H](CC(=O)O)C(=O)N[C@@H](Cc1ccc(O)cc1)C(=O)NCC(=O)N[C@@H](C)C(=O)N1CCC[C@H]1C(N)=O.[NH4+]. The van der Waals surface area contributed by atoms with E-state index in [9.17, 15) is 76.2 Å². The number of hydrogen-bond donors (Lipinski definition) is 11. The van der Waals surface area contributed by atoms with Gasteiger partial charge in [-0.15, -0.1) is 0 Å². The van der Waals surface area contributed by atoms with E-state index in [4.69, 9.17) is 5.73 Å². The minimum absolute atomic E-state index is 0. The van der Waals surface area contributed by atoms with Crippen molar-refractivity contribution in [2.45, 2.75) is 88.6 Å². The first-order valence-electron chi connectivity index (χ1n) is 19.2. The second-order valence-corrected chi connectivity index (χ2v) is 15.4. The Morgan fingerprint density at radius 2 is 1.22 bits per heavy atom. The van der Waals surface area contributed by atoms with Gasteiger partial charge in [0.05, 0.1) is 19.4 Å². The summed E-state index contributed by atoms with van der Waals surface area (Å²) in [6.45, 7) is 1.83. The van der Waals surface area contributed by atoms with Crippen LogP contribution in [0.3, 0.4) is 0 Å². The third-order valence-corrected chi connectivity index (χ3v) is 9.72. The van der Waals surface area contributed by atoms with Crippen LogP contribution in [0.25, 0.3) is 0 Å². The van der Waals surface area contributed by atoms with Crippen molar-refractivity contribution in [1.82, 2.24) is 43.0 Å². The molecule has 2 aromatic carbocycles.